The summed E-state index contributed by atoms with van der Waals surface area (Å²) < 4.78 is 0. The third-order valence-corrected chi connectivity index (χ3v) is 1.89. The molecule has 0 saturated carbocycles. The Kier molecular flexibility index (Phi) is 7.33. The van der Waals surface area contributed by atoms with Crippen molar-refractivity contribution < 1.29 is 0 Å². The molecule has 16 heavy (non-hydrogen) atoms. The molecule has 0 bridgehead atoms. The highest BCUT2D eigenvalue weighted by atomic mass is 14.9. The smallest absolute Gasteiger partial charge is 0.135 e. The second-order valence-electron chi connectivity index (χ2n) is 3.07. The van der Waals surface area contributed by atoms with Gasteiger partial charge in [0.25, 0.3) is 0 Å². The Hall–Kier alpha value is -1.96. The molecule has 0 aliphatic rings. The molecule has 0 spiro atoms. The first-order valence-corrected chi connectivity index (χ1v) is 4.97. The van der Waals surface area contributed by atoms with E-state index in [9.17, 15) is 0 Å². The van der Waals surface area contributed by atoms with E-state index in [1.54, 1.807) is 18.4 Å². The van der Waals surface area contributed by atoms with Gasteiger partial charge in [-0.05, 0) is 12.0 Å². The molecule has 2 nitrogen and oxygen atoms in total. The van der Waals surface area contributed by atoms with Crippen LogP contribution in [0.1, 0.15) is 6.42 Å². The molecule has 0 aliphatic carbocycles. The van der Waals surface area contributed by atoms with Gasteiger partial charge in [-0.2, -0.15) is 0 Å². The van der Waals surface area contributed by atoms with Crippen molar-refractivity contribution in [1.82, 2.24) is 0 Å². The van der Waals surface area contributed by atoms with E-state index < -0.39 is 0 Å². The van der Waals surface area contributed by atoms with E-state index in [2.05, 4.69) is 42.9 Å². The van der Waals surface area contributed by atoms with Crippen LogP contribution in [0.4, 0.5) is 0 Å². The molecule has 0 rings (SSSR count). The largest absolute Gasteiger partial charge is 0.241 e. The number of allylic oxidation sites excluding steroid dienone is 3. The molecule has 0 amide bonds. The lowest BCUT2D eigenvalue weighted by molar-refractivity contribution is 0.874. The van der Waals surface area contributed by atoms with E-state index in [-0.39, 0.29) is 5.92 Å². The van der Waals surface area contributed by atoms with Gasteiger partial charge in [0, 0.05) is 18.3 Å². The Bertz CT molecular complexity index is 346. The highest BCUT2D eigenvalue weighted by molar-refractivity contribution is 5.97. The fourth-order valence-electron chi connectivity index (χ4n) is 1.01. The number of hydrogen-bond acceptors (Lipinski definition) is 1. The minimum Gasteiger partial charge on any atom is -0.241 e. The number of rotatable bonds is 7. The summed E-state index contributed by atoms with van der Waals surface area (Å²) in [7, 11) is 0. The Balaban J connectivity index is 4.91. The van der Waals surface area contributed by atoms with Crippen LogP contribution in [0.2, 0.25) is 0 Å². The van der Waals surface area contributed by atoms with Crippen LogP contribution in [0.3, 0.4) is 0 Å². The van der Waals surface area contributed by atoms with Crippen LogP contribution in [0.5, 0.6) is 0 Å². The summed E-state index contributed by atoms with van der Waals surface area (Å²) in [6.07, 6.45) is 9.05. The predicted octanol–water partition coefficient (Wildman–Crippen LogP) is 3.72. The third-order valence-electron chi connectivity index (χ3n) is 1.89. The summed E-state index contributed by atoms with van der Waals surface area (Å²) in [6, 6.07) is 0. The van der Waals surface area contributed by atoms with Crippen molar-refractivity contribution in [3.63, 3.8) is 0 Å². The van der Waals surface area contributed by atoms with Gasteiger partial charge >= 0.3 is 0 Å². The summed E-state index contributed by atoms with van der Waals surface area (Å²) in [6.45, 7) is 18.3. The predicted molar refractivity (Wildman–Crippen MR) is 74.0 cm³/mol. The van der Waals surface area contributed by atoms with Gasteiger partial charge in [-0.1, -0.05) is 38.0 Å². The van der Waals surface area contributed by atoms with Crippen LogP contribution in [-0.4, -0.2) is 12.1 Å². The molecule has 0 heterocycles. The van der Waals surface area contributed by atoms with Crippen molar-refractivity contribution in [2.75, 3.05) is 0 Å². The van der Waals surface area contributed by atoms with Gasteiger partial charge in [-0.15, -0.1) is 13.2 Å². The maximum atomic E-state index is 4.24. The summed E-state index contributed by atoms with van der Waals surface area (Å²) in [4.78, 5) is 8.35. The molecular formula is C14H18N2. The SMILES string of the molecule is C=CCC(C=C)C(N=CC(=C)C=C)=NC=C. The zero-order chi connectivity index (χ0) is 12.4. The maximum absolute atomic E-state index is 4.24. The molecule has 2 heteroatoms. The van der Waals surface area contributed by atoms with Gasteiger partial charge in [0.2, 0.25) is 0 Å². The summed E-state index contributed by atoms with van der Waals surface area (Å²) in [5.74, 6) is 0.692. The molecule has 0 N–H and O–H groups in total. The van der Waals surface area contributed by atoms with Crippen LogP contribution in [0.25, 0.3) is 0 Å². The molecule has 0 aliphatic heterocycles. The van der Waals surface area contributed by atoms with Crippen LogP contribution >= 0.6 is 0 Å². The first-order chi connectivity index (χ1) is 7.69. The molecule has 84 valence electrons. The number of nitrogens with zero attached hydrogens (tertiary/aromatic N) is 2. The third kappa shape index (κ3) is 5.05. The number of hydrogen-bond donors (Lipinski definition) is 0. The lowest BCUT2D eigenvalue weighted by Crippen LogP contribution is -2.09. The Morgan fingerprint density at radius 3 is 2.31 bits per heavy atom. The zero-order valence-corrected chi connectivity index (χ0v) is 9.60. The van der Waals surface area contributed by atoms with Crippen LogP contribution in [0, 0.1) is 5.92 Å². The summed E-state index contributed by atoms with van der Waals surface area (Å²) in [5, 5.41) is 0. The van der Waals surface area contributed by atoms with E-state index in [1.165, 1.54) is 6.20 Å². The van der Waals surface area contributed by atoms with Crippen molar-refractivity contribution in [2.24, 2.45) is 15.9 Å². The van der Waals surface area contributed by atoms with Crippen molar-refractivity contribution in [3.05, 3.63) is 62.9 Å². The molecule has 1 unspecified atom stereocenters. The normalized spacial score (nSPS) is 13.1. The molecule has 0 aromatic rings. The van der Waals surface area contributed by atoms with E-state index in [4.69, 9.17) is 0 Å². The van der Waals surface area contributed by atoms with Crippen LogP contribution in [0.15, 0.2) is 72.9 Å². The average molecular weight is 214 g/mol. The van der Waals surface area contributed by atoms with Crippen molar-refractivity contribution in [3.8, 4) is 0 Å². The standard InChI is InChI=1S/C14H18N2/c1-6-10-13(8-3)14(15-9-4)16-11-12(5)7-2/h6-9,11,13H,1-5,10H2. The lowest BCUT2D eigenvalue weighted by Gasteiger charge is -2.08. The van der Waals surface area contributed by atoms with Gasteiger partial charge in [0.1, 0.15) is 5.84 Å². The van der Waals surface area contributed by atoms with Crippen LogP contribution < -0.4 is 0 Å². The number of aliphatic imine (C=N–C) groups is 2. The van der Waals surface area contributed by atoms with E-state index in [1.807, 2.05) is 6.08 Å². The Morgan fingerprint density at radius 2 is 1.88 bits per heavy atom. The van der Waals surface area contributed by atoms with E-state index in [0.29, 0.717) is 5.84 Å². The molecule has 0 fully saturated rings. The van der Waals surface area contributed by atoms with E-state index in [0.717, 1.165) is 12.0 Å². The molecule has 0 radical (unpaired) electrons. The average Bonchev–Trinajstić information content (AvgIpc) is 2.31. The Morgan fingerprint density at radius 1 is 1.19 bits per heavy atom. The summed E-state index contributed by atoms with van der Waals surface area (Å²) in [5.41, 5.74) is 0.734. The first-order valence-electron chi connectivity index (χ1n) is 4.97. The highest BCUT2D eigenvalue weighted by Gasteiger charge is 2.08. The summed E-state index contributed by atoms with van der Waals surface area (Å²) >= 11 is 0. The molecule has 0 aromatic carbocycles. The fraction of sp³-hybridized carbons (Fsp3) is 0.143. The minimum atomic E-state index is 0.0457. The molecule has 0 saturated heterocycles. The monoisotopic (exact) mass is 214 g/mol. The Labute approximate surface area is 97.8 Å². The van der Waals surface area contributed by atoms with Gasteiger partial charge in [0.05, 0.1) is 0 Å². The second kappa shape index (κ2) is 8.36. The van der Waals surface area contributed by atoms with E-state index >= 15 is 0 Å². The number of amidine groups is 1. The van der Waals surface area contributed by atoms with Crippen LogP contribution in [-0.2, 0) is 0 Å². The van der Waals surface area contributed by atoms with Gasteiger partial charge in [-0.25, -0.2) is 9.98 Å². The highest BCUT2D eigenvalue weighted by Crippen LogP contribution is 2.09. The minimum absolute atomic E-state index is 0.0457. The van der Waals surface area contributed by atoms with Gasteiger partial charge < -0.3 is 0 Å². The van der Waals surface area contributed by atoms with Crippen molar-refractivity contribution in [1.29, 1.82) is 0 Å². The quantitative estimate of drug-likeness (QED) is 0.267. The second-order valence-corrected chi connectivity index (χ2v) is 3.07. The lowest BCUT2D eigenvalue weighted by atomic mass is 10.0. The fourth-order valence-corrected chi connectivity index (χ4v) is 1.01. The molecule has 1 atom stereocenters. The van der Waals surface area contributed by atoms with Crippen molar-refractivity contribution in [2.45, 2.75) is 6.42 Å². The van der Waals surface area contributed by atoms with Crippen molar-refractivity contribution >= 4 is 12.1 Å². The zero-order valence-electron chi connectivity index (χ0n) is 9.60. The molecule has 0 aromatic heterocycles. The topological polar surface area (TPSA) is 24.7 Å². The van der Waals surface area contributed by atoms with Gasteiger partial charge in [-0.3, -0.25) is 0 Å². The molecular weight excluding hydrogens is 196 g/mol. The maximum Gasteiger partial charge on any atom is 0.135 e. The van der Waals surface area contributed by atoms with Gasteiger partial charge in [0.15, 0.2) is 0 Å². The first kappa shape index (κ1) is 14.0.